The maximum absolute atomic E-state index is 12.3. The second-order valence-electron chi connectivity index (χ2n) is 4.75. The number of hydrogen-bond acceptors (Lipinski definition) is 3. The number of aromatic nitrogens is 2. The number of hydrogen-bond donors (Lipinski definition) is 1. The molecule has 6 heteroatoms. The second kappa shape index (κ2) is 5.40. The monoisotopic (exact) mass is 315 g/mol. The van der Waals surface area contributed by atoms with Crippen molar-refractivity contribution in [3.05, 3.63) is 17.5 Å². The molecule has 18 heavy (non-hydrogen) atoms. The fourth-order valence-electron chi connectivity index (χ4n) is 2.08. The van der Waals surface area contributed by atoms with Crippen molar-refractivity contribution < 1.29 is 9.53 Å². The second-order valence-corrected chi connectivity index (χ2v) is 5.31. The number of aryl methyl sites for hydroxylation is 1. The van der Waals surface area contributed by atoms with Crippen LogP contribution in [0.2, 0.25) is 0 Å². The lowest BCUT2D eigenvalue weighted by molar-refractivity contribution is 0.0441. The van der Waals surface area contributed by atoms with E-state index in [1.165, 1.54) is 0 Å². The van der Waals surface area contributed by atoms with Gasteiger partial charge in [0.05, 0.1) is 17.3 Å². The third kappa shape index (κ3) is 2.59. The lowest BCUT2D eigenvalue weighted by Gasteiger charge is -2.36. The van der Waals surface area contributed by atoms with E-state index in [9.17, 15) is 4.79 Å². The molecule has 1 N–H and O–H groups in total. The Kier molecular flexibility index (Phi) is 4.07. The normalized spacial score (nSPS) is 18.6. The number of nitrogens with zero attached hydrogens (tertiary/aromatic N) is 2. The van der Waals surface area contributed by atoms with E-state index in [1.54, 1.807) is 10.9 Å². The summed E-state index contributed by atoms with van der Waals surface area (Å²) in [5, 5.41) is 7.98. The van der Waals surface area contributed by atoms with Gasteiger partial charge in [0.2, 0.25) is 0 Å². The van der Waals surface area contributed by atoms with E-state index in [2.05, 4.69) is 26.3 Å². The van der Waals surface area contributed by atoms with Crippen LogP contribution in [-0.2, 0) is 11.8 Å². The Morgan fingerprint density at radius 3 is 2.78 bits per heavy atom. The molecule has 2 heterocycles. The zero-order chi connectivity index (χ0) is 13.2. The fraction of sp³-hybridized carbons (Fsp3) is 0.667. The lowest BCUT2D eigenvalue weighted by Crippen LogP contribution is -2.53. The molecule has 0 aromatic carbocycles. The number of nitrogens with one attached hydrogen (secondary N) is 1. The summed E-state index contributed by atoms with van der Waals surface area (Å²) in [4.78, 5) is 12.3. The van der Waals surface area contributed by atoms with Gasteiger partial charge in [-0.15, -0.1) is 0 Å². The van der Waals surface area contributed by atoms with Crippen molar-refractivity contribution in [3.63, 3.8) is 0 Å². The highest BCUT2D eigenvalue weighted by Gasteiger charge is 2.33. The van der Waals surface area contributed by atoms with E-state index in [-0.39, 0.29) is 11.4 Å². The van der Waals surface area contributed by atoms with Crippen LogP contribution in [0.3, 0.4) is 0 Å². The van der Waals surface area contributed by atoms with Crippen LogP contribution in [-0.4, -0.2) is 39.8 Å². The maximum atomic E-state index is 12.3. The number of ether oxygens (including phenoxy) is 1. The van der Waals surface area contributed by atoms with Crippen LogP contribution in [0.15, 0.2) is 6.20 Å². The molecule has 0 bridgehead atoms. The summed E-state index contributed by atoms with van der Waals surface area (Å²) in [5.74, 6) is -0.0537. The third-order valence-electron chi connectivity index (χ3n) is 3.56. The first-order chi connectivity index (χ1) is 8.58. The number of amides is 1. The van der Waals surface area contributed by atoms with Crippen LogP contribution in [0, 0.1) is 6.92 Å². The smallest absolute Gasteiger partial charge is 0.255 e. The largest absolute Gasteiger partial charge is 0.381 e. The molecular formula is C12H18BrN3O2. The van der Waals surface area contributed by atoms with E-state index in [4.69, 9.17) is 4.74 Å². The minimum Gasteiger partial charge on any atom is -0.381 e. The first-order valence-electron chi connectivity index (χ1n) is 6.03. The van der Waals surface area contributed by atoms with Crippen LogP contribution < -0.4 is 5.32 Å². The summed E-state index contributed by atoms with van der Waals surface area (Å²) in [6.07, 6.45) is 3.29. The van der Waals surface area contributed by atoms with Gasteiger partial charge in [0.1, 0.15) is 0 Å². The Bertz CT molecular complexity index is 439. The SMILES string of the molecule is Cc1c(C(=O)NC2(CBr)CCOCC2)cnn1C. The Balaban J connectivity index is 2.12. The summed E-state index contributed by atoms with van der Waals surface area (Å²) in [6, 6.07) is 0. The van der Waals surface area contributed by atoms with Crippen molar-refractivity contribution in [3.8, 4) is 0 Å². The maximum Gasteiger partial charge on any atom is 0.255 e. The molecule has 1 fully saturated rings. The molecule has 1 saturated heterocycles. The molecular weight excluding hydrogens is 298 g/mol. The summed E-state index contributed by atoms with van der Waals surface area (Å²) in [7, 11) is 1.83. The van der Waals surface area contributed by atoms with Crippen molar-refractivity contribution in [1.29, 1.82) is 0 Å². The Morgan fingerprint density at radius 1 is 1.61 bits per heavy atom. The Morgan fingerprint density at radius 2 is 2.28 bits per heavy atom. The molecule has 2 rings (SSSR count). The molecule has 0 atom stereocenters. The van der Waals surface area contributed by atoms with Gasteiger partial charge in [-0.1, -0.05) is 15.9 Å². The van der Waals surface area contributed by atoms with Crippen molar-refractivity contribution in [2.24, 2.45) is 7.05 Å². The van der Waals surface area contributed by atoms with Gasteiger partial charge < -0.3 is 10.1 Å². The molecule has 1 aromatic heterocycles. The van der Waals surface area contributed by atoms with Crippen LogP contribution >= 0.6 is 15.9 Å². The van der Waals surface area contributed by atoms with Crippen molar-refractivity contribution in [2.75, 3.05) is 18.5 Å². The van der Waals surface area contributed by atoms with Gasteiger partial charge in [0, 0.05) is 31.3 Å². The van der Waals surface area contributed by atoms with Gasteiger partial charge in [-0.3, -0.25) is 9.48 Å². The molecule has 0 unspecified atom stereocenters. The molecule has 5 nitrogen and oxygen atoms in total. The summed E-state index contributed by atoms with van der Waals surface area (Å²) in [6.45, 7) is 3.28. The van der Waals surface area contributed by atoms with Gasteiger partial charge in [-0.2, -0.15) is 5.10 Å². The van der Waals surface area contributed by atoms with Gasteiger partial charge >= 0.3 is 0 Å². The molecule has 0 aliphatic carbocycles. The van der Waals surface area contributed by atoms with Crippen molar-refractivity contribution in [1.82, 2.24) is 15.1 Å². The summed E-state index contributed by atoms with van der Waals surface area (Å²) >= 11 is 3.50. The van der Waals surface area contributed by atoms with E-state index in [0.717, 1.165) is 23.9 Å². The third-order valence-corrected chi connectivity index (χ3v) is 4.64. The van der Waals surface area contributed by atoms with Gasteiger partial charge in [-0.05, 0) is 19.8 Å². The van der Waals surface area contributed by atoms with Crippen molar-refractivity contribution in [2.45, 2.75) is 25.3 Å². The Labute approximate surface area is 115 Å². The van der Waals surface area contributed by atoms with Crippen molar-refractivity contribution >= 4 is 21.8 Å². The lowest BCUT2D eigenvalue weighted by atomic mass is 9.92. The average molecular weight is 316 g/mol. The summed E-state index contributed by atoms with van der Waals surface area (Å²) in [5.41, 5.74) is 1.33. The molecule has 1 aliphatic heterocycles. The zero-order valence-electron chi connectivity index (χ0n) is 10.7. The molecule has 0 saturated carbocycles. The van der Waals surface area contributed by atoms with E-state index in [0.29, 0.717) is 18.8 Å². The average Bonchev–Trinajstić information content (AvgIpc) is 2.71. The first-order valence-corrected chi connectivity index (χ1v) is 7.15. The molecule has 1 aromatic rings. The van der Waals surface area contributed by atoms with Gasteiger partial charge in [0.15, 0.2) is 0 Å². The van der Waals surface area contributed by atoms with E-state index >= 15 is 0 Å². The predicted molar refractivity (Wildman–Crippen MR) is 72.0 cm³/mol. The van der Waals surface area contributed by atoms with Gasteiger partial charge in [-0.25, -0.2) is 0 Å². The number of carbonyl (C=O) groups excluding carboxylic acids is 1. The fourth-order valence-corrected chi connectivity index (χ4v) is 2.78. The number of rotatable bonds is 3. The van der Waals surface area contributed by atoms with Crippen LogP contribution in [0.1, 0.15) is 28.9 Å². The van der Waals surface area contributed by atoms with Crippen LogP contribution in [0.4, 0.5) is 0 Å². The zero-order valence-corrected chi connectivity index (χ0v) is 12.3. The minimum atomic E-state index is -0.197. The minimum absolute atomic E-state index is 0.0537. The quantitative estimate of drug-likeness (QED) is 0.858. The summed E-state index contributed by atoms with van der Waals surface area (Å²) < 4.78 is 7.06. The van der Waals surface area contributed by atoms with E-state index < -0.39 is 0 Å². The molecule has 100 valence electrons. The number of halogens is 1. The highest BCUT2D eigenvalue weighted by Crippen LogP contribution is 2.23. The predicted octanol–water partition coefficient (Wildman–Crippen LogP) is 1.40. The molecule has 1 aliphatic rings. The first kappa shape index (κ1) is 13.5. The van der Waals surface area contributed by atoms with Gasteiger partial charge in [0.25, 0.3) is 5.91 Å². The topological polar surface area (TPSA) is 56.1 Å². The van der Waals surface area contributed by atoms with E-state index in [1.807, 2.05) is 14.0 Å². The molecule has 0 spiro atoms. The molecule has 1 amide bonds. The van der Waals surface area contributed by atoms with Crippen LogP contribution in [0.5, 0.6) is 0 Å². The Hall–Kier alpha value is -0.880. The highest BCUT2D eigenvalue weighted by molar-refractivity contribution is 9.09. The highest BCUT2D eigenvalue weighted by atomic mass is 79.9. The number of alkyl halides is 1. The molecule has 0 radical (unpaired) electrons. The van der Waals surface area contributed by atoms with Crippen LogP contribution in [0.25, 0.3) is 0 Å². The standard InChI is InChI=1S/C12H18BrN3O2/c1-9-10(7-14-16(9)2)11(17)15-12(8-13)3-5-18-6-4-12/h7H,3-6,8H2,1-2H3,(H,15,17). The number of carbonyl (C=O) groups is 1.